The Kier molecular flexibility index (Phi) is 3.75. The number of anilines is 1. The van der Waals surface area contributed by atoms with Crippen LogP contribution in [0.1, 0.15) is 48.3 Å². The summed E-state index contributed by atoms with van der Waals surface area (Å²) in [6.07, 6.45) is 3.81. The molecule has 2 aromatic heterocycles. The number of pyridine rings is 1. The second kappa shape index (κ2) is 5.72. The molecule has 1 fully saturated rings. The van der Waals surface area contributed by atoms with Crippen LogP contribution < -0.4 is 5.73 Å². The number of rotatable bonds is 2. The van der Waals surface area contributed by atoms with Crippen LogP contribution in [0.3, 0.4) is 0 Å². The van der Waals surface area contributed by atoms with Gasteiger partial charge in [-0.05, 0) is 26.3 Å². The highest BCUT2D eigenvalue weighted by Crippen LogP contribution is 2.49. The minimum atomic E-state index is 0.255. The lowest BCUT2D eigenvalue weighted by Crippen LogP contribution is -2.35. The summed E-state index contributed by atoms with van der Waals surface area (Å²) in [4.78, 5) is 7.00. The average molecular weight is 357 g/mol. The number of aryl methyl sites for hydroxylation is 2. The van der Waals surface area contributed by atoms with Crippen LogP contribution in [0.4, 0.5) is 5.82 Å². The zero-order chi connectivity index (χ0) is 17.9. The third-order valence-electron chi connectivity index (χ3n) is 5.69. The summed E-state index contributed by atoms with van der Waals surface area (Å²) in [7, 11) is 3.98. The van der Waals surface area contributed by atoms with Gasteiger partial charge in [-0.25, -0.2) is 4.98 Å². The summed E-state index contributed by atoms with van der Waals surface area (Å²) in [6, 6.07) is 3.03. The molecule has 0 amide bonds. The fourth-order valence-electron chi connectivity index (χ4n) is 4.44. The molecule has 7 heteroatoms. The Labute approximate surface area is 152 Å². The van der Waals surface area contributed by atoms with Gasteiger partial charge in [-0.15, -0.1) is 0 Å². The van der Waals surface area contributed by atoms with Gasteiger partial charge in [0.25, 0.3) is 0 Å². The molecule has 0 aromatic carbocycles. The Morgan fingerprint density at radius 1 is 1.32 bits per heavy atom. The molecule has 25 heavy (non-hydrogen) atoms. The van der Waals surface area contributed by atoms with E-state index >= 15 is 0 Å². The van der Waals surface area contributed by atoms with Crippen LogP contribution in [0.5, 0.6) is 0 Å². The molecule has 2 N–H and O–H groups in total. The van der Waals surface area contributed by atoms with Crippen LogP contribution >= 0.6 is 11.6 Å². The second-order valence-electron chi connectivity index (χ2n) is 6.93. The van der Waals surface area contributed by atoms with E-state index in [0.717, 1.165) is 53.8 Å². The fraction of sp³-hybridized carbons (Fsp3) is 0.500. The van der Waals surface area contributed by atoms with Gasteiger partial charge in [0.2, 0.25) is 0 Å². The van der Waals surface area contributed by atoms with E-state index in [1.807, 2.05) is 14.0 Å². The summed E-state index contributed by atoms with van der Waals surface area (Å²) in [5, 5.41) is 14.9. The highest BCUT2D eigenvalue weighted by Gasteiger charge is 2.41. The standard InChI is InChI=1S/C18H21ClN6/c1-4-11-16(17(19)25(3)23-11)14-10(8-20)18(21)22-12-7-9-5-6-13(15(12)14)24(9)2/h9,13H,4-7H2,1-3H3,(H2,21,22)/t9-,13+/m0/s1. The van der Waals surface area contributed by atoms with Gasteiger partial charge >= 0.3 is 0 Å². The normalized spacial score (nSPS) is 22.0. The summed E-state index contributed by atoms with van der Waals surface area (Å²) in [5.74, 6) is 0.294. The first kappa shape index (κ1) is 16.4. The van der Waals surface area contributed by atoms with E-state index in [-0.39, 0.29) is 6.04 Å². The number of fused-ring (bicyclic) bond motifs is 4. The molecule has 2 aliphatic rings. The van der Waals surface area contributed by atoms with Gasteiger partial charge in [0.05, 0.1) is 5.69 Å². The molecule has 2 aromatic rings. The van der Waals surface area contributed by atoms with E-state index in [1.165, 1.54) is 0 Å². The van der Waals surface area contributed by atoms with E-state index in [4.69, 9.17) is 17.3 Å². The van der Waals surface area contributed by atoms with Crippen LogP contribution in [-0.2, 0) is 19.9 Å². The van der Waals surface area contributed by atoms with Crippen molar-refractivity contribution in [1.82, 2.24) is 19.7 Å². The van der Waals surface area contributed by atoms with Crippen LogP contribution in [0, 0.1) is 11.3 Å². The number of nitrogen functional groups attached to an aromatic ring is 1. The summed E-state index contributed by atoms with van der Waals surface area (Å²) in [6.45, 7) is 2.04. The first-order chi connectivity index (χ1) is 12.0. The molecule has 130 valence electrons. The fourth-order valence-corrected chi connectivity index (χ4v) is 4.68. The lowest BCUT2D eigenvalue weighted by molar-refractivity contribution is 0.222. The average Bonchev–Trinajstić information content (AvgIpc) is 2.99. The van der Waals surface area contributed by atoms with Crippen molar-refractivity contribution in [3.8, 4) is 17.2 Å². The van der Waals surface area contributed by atoms with Gasteiger partial charge in [0, 0.05) is 47.9 Å². The maximum absolute atomic E-state index is 9.80. The summed E-state index contributed by atoms with van der Waals surface area (Å²) < 4.78 is 1.67. The van der Waals surface area contributed by atoms with E-state index in [2.05, 4.69) is 28.1 Å². The van der Waals surface area contributed by atoms with Crippen molar-refractivity contribution in [1.29, 1.82) is 5.26 Å². The minimum absolute atomic E-state index is 0.255. The van der Waals surface area contributed by atoms with Crippen LogP contribution in [0.2, 0.25) is 5.15 Å². The maximum Gasteiger partial charge on any atom is 0.142 e. The number of aromatic nitrogens is 3. The smallest absolute Gasteiger partial charge is 0.142 e. The SMILES string of the molecule is CCc1nn(C)c(Cl)c1-c1c(C#N)c(N)nc2c1[C@H]1CC[C@@H](C2)N1C. The minimum Gasteiger partial charge on any atom is -0.383 e. The summed E-state index contributed by atoms with van der Waals surface area (Å²) >= 11 is 6.60. The molecule has 4 heterocycles. The van der Waals surface area contributed by atoms with Crippen molar-refractivity contribution in [2.24, 2.45) is 7.05 Å². The molecular formula is C18H21ClN6. The van der Waals surface area contributed by atoms with Gasteiger partial charge in [0.1, 0.15) is 22.6 Å². The molecule has 2 bridgehead atoms. The number of hydrogen-bond donors (Lipinski definition) is 1. The third kappa shape index (κ3) is 2.19. The van der Waals surface area contributed by atoms with Gasteiger partial charge in [0.15, 0.2) is 0 Å². The van der Waals surface area contributed by atoms with Crippen molar-refractivity contribution < 1.29 is 0 Å². The van der Waals surface area contributed by atoms with Crippen LogP contribution in [-0.4, -0.2) is 32.8 Å². The molecule has 4 rings (SSSR count). The van der Waals surface area contributed by atoms with Crippen molar-refractivity contribution >= 4 is 17.4 Å². The molecule has 0 radical (unpaired) electrons. The second-order valence-corrected chi connectivity index (χ2v) is 7.28. The molecule has 6 nitrogen and oxygen atoms in total. The molecule has 0 unspecified atom stereocenters. The van der Waals surface area contributed by atoms with E-state index < -0.39 is 0 Å². The van der Waals surface area contributed by atoms with Crippen LogP contribution in [0.15, 0.2) is 0 Å². The first-order valence-electron chi connectivity index (χ1n) is 8.63. The largest absolute Gasteiger partial charge is 0.383 e. The van der Waals surface area contributed by atoms with E-state index in [0.29, 0.717) is 22.6 Å². The van der Waals surface area contributed by atoms with Crippen molar-refractivity contribution in [2.45, 2.75) is 44.7 Å². The highest BCUT2D eigenvalue weighted by molar-refractivity contribution is 6.32. The van der Waals surface area contributed by atoms with Gasteiger partial charge < -0.3 is 5.73 Å². The summed E-state index contributed by atoms with van der Waals surface area (Å²) in [5.41, 5.74) is 11.3. The highest BCUT2D eigenvalue weighted by atomic mass is 35.5. The number of nitrogens with two attached hydrogens (primary N) is 1. The lowest BCUT2D eigenvalue weighted by atomic mass is 9.87. The van der Waals surface area contributed by atoms with Crippen LogP contribution in [0.25, 0.3) is 11.1 Å². The van der Waals surface area contributed by atoms with Crippen molar-refractivity contribution in [2.75, 3.05) is 12.8 Å². The Morgan fingerprint density at radius 2 is 2.08 bits per heavy atom. The van der Waals surface area contributed by atoms with Gasteiger partial charge in [-0.2, -0.15) is 10.4 Å². The predicted octanol–water partition coefficient (Wildman–Crippen LogP) is 2.84. The van der Waals surface area contributed by atoms with E-state index in [9.17, 15) is 5.26 Å². The quantitative estimate of drug-likeness (QED) is 0.894. The number of halogens is 1. The Balaban J connectivity index is 2.10. The third-order valence-corrected chi connectivity index (χ3v) is 6.12. The zero-order valence-electron chi connectivity index (χ0n) is 14.7. The number of likely N-dealkylation sites (N-methyl/N-ethyl adjacent to an activating group) is 1. The molecule has 2 atom stereocenters. The Bertz CT molecular complexity index is 910. The van der Waals surface area contributed by atoms with Crippen molar-refractivity contribution in [3.63, 3.8) is 0 Å². The Morgan fingerprint density at radius 3 is 2.76 bits per heavy atom. The number of nitriles is 1. The molecule has 0 aliphatic carbocycles. The molecule has 2 aliphatic heterocycles. The molecule has 0 spiro atoms. The van der Waals surface area contributed by atoms with Crippen molar-refractivity contribution in [3.05, 3.63) is 27.7 Å². The van der Waals surface area contributed by atoms with Gasteiger partial charge in [-0.1, -0.05) is 18.5 Å². The molecule has 0 saturated carbocycles. The monoisotopic (exact) mass is 356 g/mol. The Hall–Kier alpha value is -2.10. The molecular weight excluding hydrogens is 336 g/mol. The number of nitrogens with zero attached hydrogens (tertiary/aromatic N) is 5. The van der Waals surface area contributed by atoms with E-state index in [1.54, 1.807) is 4.68 Å². The number of hydrogen-bond acceptors (Lipinski definition) is 5. The lowest BCUT2D eigenvalue weighted by Gasteiger charge is -2.34. The zero-order valence-corrected chi connectivity index (χ0v) is 15.4. The predicted molar refractivity (Wildman–Crippen MR) is 97.2 cm³/mol. The molecule has 1 saturated heterocycles. The topological polar surface area (TPSA) is 83.8 Å². The van der Waals surface area contributed by atoms with Gasteiger partial charge in [-0.3, -0.25) is 9.58 Å². The maximum atomic E-state index is 9.80. The first-order valence-corrected chi connectivity index (χ1v) is 9.01.